The number of thioether (sulfide) groups is 1. The molecule has 0 aromatic carbocycles. The minimum atomic E-state index is -1.36. The average molecular weight is 554 g/mol. The zero-order chi connectivity index (χ0) is 27.5. The Balaban J connectivity index is 1.72. The van der Waals surface area contributed by atoms with E-state index < -0.39 is 47.0 Å². The van der Waals surface area contributed by atoms with E-state index in [2.05, 4.69) is 15.6 Å². The Morgan fingerprint density at radius 3 is 2.62 bits per heavy atom. The van der Waals surface area contributed by atoms with Crippen LogP contribution in [0.5, 0.6) is 0 Å². The fraction of sp³-hybridized carbons (Fsp3) is 0.455. The van der Waals surface area contributed by atoms with Crippen molar-refractivity contribution in [2.24, 2.45) is 5.73 Å². The number of anilines is 1. The van der Waals surface area contributed by atoms with E-state index in [1.54, 1.807) is 32.2 Å². The molecular formula is C22H27N5O8S2. The SMILES string of the molecule is CC/C=C(\C(=O)N[C@@H]1C(=O)N2C(C(=O)O)=C(COC(N)=O)CS[C@H]12)c1csc(NC(=O)OC(C)(C)C)n1. The minimum Gasteiger partial charge on any atom is -0.477 e. The minimum absolute atomic E-state index is 0.166. The molecule has 1 aromatic rings. The zero-order valence-electron chi connectivity index (χ0n) is 20.5. The van der Waals surface area contributed by atoms with Crippen molar-refractivity contribution in [2.75, 3.05) is 17.7 Å². The molecule has 0 unspecified atom stereocenters. The van der Waals surface area contributed by atoms with Crippen LogP contribution in [0.3, 0.4) is 0 Å². The molecule has 1 saturated heterocycles. The zero-order valence-corrected chi connectivity index (χ0v) is 22.2. The first-order chi connectivity index (χ1) is 17.3. The first-order valence-corrected chi connectivity index (χ1v) is 13.0. The van der Waals surface area contributed by atoms with Crippen molar-refractivity contribution >= 4 is 63.8 Å². The maximum absolute atomic E-state index is 13.1. The van der Waals surface area contributed by atoms with Gasteiger partial charge in [0.25, 0.3) is 11.8 Å². The van der Waals surface area contributed by atoms with E-state index >= 15 is 0 Å². The summed E-state index contributed by atoms with van der Waals surface area (Å²) in [6, 6.07) is -0.969. The Bertz CT molecular complexity index is 1190. The van der Waals surface area contributed by atoms with Gasteiger partial charge in [-0.3, -0.25) is 19.8 Å². The lowest BCUT2D eigenvalue weighted by Gasteiger charge is -2.49. The van der Waals surface area contributed by atoms with Gasteiger partial charge in [-0.25, -0.2) is 19.4 Å². The number of hydrogen-bond donors (Lipinski definition) is 4. The summed E-state index contributed by atoms with van der Waals surface area (Å²) in [5, 5.41) is 16.0. The van der Waals surface area contributed by atoms with Crippen molar-refractivity contribution in [1.29, 1.82) is 0 Å². The number of amides is 4. The van der Waals surface area contributed by atoms with Gasteiger partial charge in [-0.15, -0.1) is 23.1 Å². The lowest BCUT2D eigenvalue weighted by atomic mass is 10.0. The van der Waals surface area contributed by atoms with Gasteiger partial charge in [0.1, 0.15) is 29.3 Å². The van der Waals surface area contributed by atoms with Crippen LogP contribution in [-0.2, 0) is 23.9 Å². The van der Waals surface area contributed by atoms with E-state index in [4.69, 9.17) is 15.2 Å². The van der Waals surface area contributed by atoms with Crippen LogP contribution in [0.25, 0.3) is 5.57 Å². The van der Waals surface area contributed by atoms with E-state index in [0.717, 1.165) is 16.2 Å². The molecule has 0 spiro atoms. The fourth-order valence-corrected chi connectivity index (χ4v) is 5.56. The summed E-state index contributed by atoms with van der Waals surface area (Å²) in [4.78, 5) is 66.1. The third kappa shape index (κ3) is 6.60. The topological polar surface area (TPSA) is 190 Å². The quantitative estimate of drug-likeness (QED) is 0.274. The van der Waals surface area contributed by atoms with Gasteiger partial charge in [-0.2, -0.15) is 0 Å². The second-order valence-corrected chi connectivity index (χ2v) is 10.9. The number of thiazole rings is 1. The summed E-state index contributed by atoms with van der Waals surface area (Å²) < 4.78 is 9.91. The largest absolute Gasteiger partial charge is 0.477 e. The molecule has 1 aromatic heterocycles. The Labute approximate surface area is 220 Å². The number of hydrogen-bond acceptors (Lipinski definition) is 10. The van der Waals surface area contributed by atoms with Gasteiger partial charge in [0.15, 0.2) is 5.13 Å². The predicted octanol–water partition coefficient (Wildman–Crippen LogP) is 2.12. The summed E-state index contributed by atoms with van der Waals surface area (Å²) in [6.07, 6.45) is 0.383. The lowest BCUT2D eigenvalue weighted by Crippen LogP contribution is -2.70. The molecule has 2 aliphatic rings. The van der Waals surface area contributed by atoms with Gasteiger partial charge in [-0.05, 0) is 27.2 Å². The van der Waals surface area contributed by atoms with Crippen LogP contribution in [0.1, 0.15) is 39.8 Å². The van der Waals surface area contributed by atoms with Crippen molar-refractivity contribution in [3.63, 3.8) is 0 Å². The third-order valence-electron chi connectivity index (χ3n) is 4.97. The smallest absolute Gasteiger partial charge is 0.413 e. The standard InChI is InChI=1S/C22H27N5O8S2/c1-5-6-11(12-9-37-20(24-12)26-21(33)35-22(2,3)4)15(28)25-13-16(29)27-14(18(30)31)10(7-34-19(23)32)8-36-17(13)27/h6,9,13,17H,5,7-8H2,1-4H3,(H2,23,32)(H,25,28)(H,30,31)(H,24,26,33)/b11-6-/t13-,17-/m1/s1. The number of carboxylic acid groups (broad SMARTS) is 1. The molecule has 2 atom stereocenters. The molecule has 2 aliphatic heterocycles. The highest BCUT2D eigenvalue weighted by Crippen LogP contribution is 2.40. The number of nitrogens with zero attached hydrogens (tertiary/aromatic N) is 2. The predicted molar refractivity (Wildman–Crippen MR) is 135 cm³/mol. The number of aromatic nitrogens is 1. The van der Waals surface area contributed by atoms with Gasteiger partial charge < -0.3 is 25.6 Å². The number of carboxylic acids is 1. The van der Waals surface area contributed by atoms with Crippen molar-refractivity contribution in [2.45, 2.75) is 51.1 Å². The first kappa shape index (κ1) is 28.0. The van der Waals surface area contributed by atoms with Gasteiger partial charge in [0.05, 0.1) is 11.3 Å². The summed E-state index contributed by atoms with van der Waals surface area (Å²) in [5.41, 5.74) is 4.70. The molecule has 37 heavy (non-hydrogen) atoms. The number of aliphatic carboxylic acids is 1. The van der Waals surface area contributed by atoms with Crippen LogP contribution in [0.4, 0.5) is 14.7 Å². The number of β-lactam (4-membered cyclic amide) rings is 1. The Morgan fingerprint density at radius 1 is 1.32 bits per heavy atom. The number of allylic oxidation sites excluding steroid dienone is 1. The second-order valence-electron chi connectivity index (χ2n) is 8.92. The third-order valence-corrected chi connectivity index (χ3v) is 7.06. The van der Waals surface area contributed by atoms with Crippen molar-refractivity contribution in [3.05, 3.63) is 28.4 Å². The summed E-state index contributed by atoms with van der Waals surface area (Å²) in [5.74, 6) is -2.37. The van der Waals surface area contributed by atoms with Crippen LogP contribution < -0.4 is 16.4 Å². The first-order valence-electron chi connectivity index (χ1n) is 11.1. The molecule has 3 heterocycles. The Kier molecular flexibility index (Phi) is 8.48. The number of primary amides is 1. The molecule has 0 radical (unpaired) electrons. The lowest BCUT2D eigenvalue weighted by molar-refractivity contribution is -0.150. The molecule has 1 fully saturated rings. The van der Waals surface area contributed by atoms with E-state index in [1.807, 2.05) is 6.92 Å². The van der Waals surface area contributed by atoms with E-state index in [9.17, 15) is 29.1 Å². The number of nitrogens with two attached hydrogens (primary N) is 1. The maximum Gasteiger partial charge on any atom is 0.413 e. The molecule has 200 valence electrons. The van der Waals surface area contributed by atoms with Crippen molar-refractivity contribution in [1.82, 2.24) is 15.2 Å². The van der Waals surface area contributed by atoms with E-state index in [-0.39, 0.29) is 34.3 Å². The Morgan fingerprint density at radius 2 is 2.03 bits per heavy atom. The highest BCUT2D eigenvalue weighted by molar-refractivity contribution is 8.00. The van der Waals surface area contributed by atoms with E-state index in [0.29, 0.717) is 12.1 Å². The molecular weight excluding hydrogens is 526 g/mol. The summed E-state index contributed by atoms with van der Waals surface area (Å²) in [7, 11) is 0. The average Bonchev–Trinajstić information content (AvgIpc) is 3.24. The fourth-order valence-electron chi connectivity index (χ4n) is 3.54. The number of nitrogens with one attached hydrogen (secondary N) is 2. The van der Waals surface area contributed by atoms with Gasteiger partial charge in [0, 0.05) is 16.7 Å². The highest BCUT2D eigenvalue weighted by atomic mass is 32.2. The molecule has 3 rings (SSSR count). The summed E-state index contributed by atoms with van der Waals surface area (Å²) >= 11 is 2.33. The van der Waals surface area contributed by atoms with Crippen LogP contribution in [0, 0.1) is 0 Å². The molecule has 4 amide bonds. The van der Waals surface area contributed by atoms with Crippen LogP contribution in [0.15, 0.2) is 22.7 Å². The number of carbonyl (C=O) groups is 5. The van der Waals surface area contributed by atoms with E-state index in [1.165, 1.54) is 11.8 Å². The second kappa shape index (κ2) is 11.2. The van der Waals surface area contributed by atoms with Gasteiger partial charge in [0.2, 0.25) is 0 Å². The molecule has 0 bridgehead atoms. The maximum atomic E-state index is 13.1. The van der Waals surface area contributed by atoms with Crippen molar-refractivity contribution in [3.8, 4) is 0 Å². The Hall–Kier alpha value is -3.59. The van der Waals surface area contributed by atoms with Gasteiger partial charge >= 0.3 is 18.2 Å². The number of fused-ring (bicyclic) bond motifs is 1. The molecule has 13 nitrogen and oxygen atoms in total. The molecule has 15 heteroatoms. The van der Waals surface area contributed by atoms with Crippen LogP contribution >= 0.6 is 23.1 Å². The molecule has 0 saturated carbocycles. The molecule has 5 N–H and O–H groups in total. The normalized spacial score (nSPS) is 19.5. The monoisotopic (exact) mass is 553 g/mol. The van der Waals surface area contributed by atoms with Crippen LogP contribution in [-0.4, -0.2) is 74.3 Å². The highest BCUT2D eigenvalue weighted by Gasteiger charge is 2.54. The van der Waals surface area contributed by atoms with Crippen molar-refractivity contribution < 1.29 is 38.6 Å². The number of carbonyl (C=O) groups excluding carboxylic acids is 4. The number of rotatable bonds is 8. The molecule has 0 aliphatic carbocycles. The van der Waals surface area contributed by atoms with Crippen LogP contribution in [0.2, 0.25) is 0 Å². The number of ether oxygens (including phenoxy) is 2. The van der Waals surface area contributed by atoms with Gasteiger partial charge in [-0.1, -0.05) is 13.0 Å². The summed E-state index contributed by atoms with van der Waals surface area (Å²) in [6.45, 7) is 6.65.